The molecule has 10 nitrogen and oxygen atoms in total. The Morgan fingerprint density at radius 2 is 1.77 bits per heavy atom. The lowest BCUT2D eigenvalue weighted by atomic mass is 10.1. The highest BCUT2D eigenvalue weighted by atomic mass is 32.2. The van der Waals surface area contributed by atoms with Crippen molar-refractivity contribution < 1.29 is 22.9 Å². The van der Waals surface area contributed by atoms with Gasteiger partial charge >= 0.3 is 6.03 Å². The van der Waals surface area contributed by atoms with Crippen LogP contribution in [0.5, 0.6) is 0 Å². The van der Waals surface area contributed by atoms with E-state index < -0.39 is 14.9 Å². The number of methoxy groups -OCH3 is 1. The van der Waals surface area contributed by atoms with Crippen molar-refractivity contribution in [1.82, 2.24) is 14.5 Å². The summed E-state index contributed by atoms with van der Waals surface area (Å²) in [6.45, 7) is 1.45. The second-order valence-electron chi connectivity index (χ2n) is 7.01. The summed E-state index contributed by atoms with van der Waals surface area (Å²) < 4.78 is 32.1. The average Bonchev–Trinajstić information content (AvgIpc) is 2.78. The molecule has 0 atom stereocenters. The van der Waals surface area contributed by atoms with Crippen LogP contribution in [0.1, 0.15) is 11.1 Å². The summed E-state index contributed by atoms with van der Waals surface area (Å²) in [7, 11) is -2.27. The number of rotatable bonds is 7. The van der Waals surface area contributed by atoms with Gasteiger partial charge in [-0.1, -0.05) is 30.3 Å². The number of benzene rings is 2. The SMILES string of the molecule is COCc1ccccc1CNC(=O)N1CCN(S(=O)(=O)c2cccc([N+](=O)[O-])c2)CC1. The molecule has 0 unspecified atom stereocenters. The third-order valence-corrected chi connectivity index (χ3v) is 6.93. The zero-order valence-electron chi connectivity index (χ0n) is 17.1. The number of nitrogens with one attached hydrogen (secondary N) is 1. The zero-order chi connectivity index (χ0) is 22.4. The molecule has 0 radical (unpaired) electrons. The molecule has 11 heteroatoms. The summed E-state index contributed by atoms with van der Waals surface area (Å²) in [5.74, 6) is 0. The van der Waals surface area contributed by atoms with Crippen LogP contribution in [0.3, 0.4) is 0 Å². The number of nitrogens with zero attached hydrogens (tertiary/aromatic N) is 3. The lowest BCUT2D eigenvalue weighted by Crippen LogP contribution is -2.53. The van der Waals surface area contributed by atoms with Crippen molar-refractivity contribution in [2.24, 2.45) is 0 Å². The molecule has 1 saturated heterocycles. The van der Waals surface area contributed by atoms with Crippen molar-refractivity contribution in [2.75, 3.05) is 33.3 Å². The van der Waals surface area contributed by atoms with E-state index >= 15 is 0 Å². The molecule has 0 bridgehead atoms. The van der Waals surface area contributed by atoms with Gasteiger partial charge in [0.2, 0.25) is 10.0 Å². The van der Waals surface area contributed by atoms with E-state index in [1.165, 1.54) is 22.5 Å². The summed E-state index contributed by atoms with van der Waals surface area (Å²) >= 11 is 0. The van der Waals surface area contributed by atoms with Gasteiger partial charge in [-0.25, -0.2) is 13.2 Å². The standard InChI is InChI=1S/C20H24N4O6S/c1-30-15-17-6-3-2-5-16(17)14-21-20(25)22-9-11-23(12-10-22)31(28,29)19-8-4-7-18(13-19)24(26)27/h2-8,13H,9-12,14-15H2,1H3,(H,21,25). The first kappa shape index (κ1) is 22.7. The monoisotopic (exact) mass is 448 g/mol. The number of non-ortho nitro benzene ring substituents is 1. The van der Waals surface area contributed by atoms with Crippen molar-refractivity contribution in [2.45, 2.75) is 18.0 Å². The van der Waals surface area contributed by atoms with Gasteiger partial charge in [-0.05, 0) is 17.2 Å². The number of carbonyl (C=O) groups excluding carboxylic acids is 1. The van der Waals surface area contributed by atoms with Gasteiger partial charge < -0.3 is 15.0 Å². The van der Waals surface area contributed by atoms with E-state index in [9.17, 15) is 23.3 Å². The lowest BCUT2D eigenvalue weighted by molar-refractivity contribution is -0.385. The molecular weight excluding hydrogens is 424 g/mol. The third kappa shape index (κ3) is 5.37. The molecule has 1 N–H and O–H groups in total. The fourth-order valence-electron chi connectivity index (χ4n) is 3.35. The number of urea groups is 1. The maximum atomic E-state index is 12.8. The first-order valence-electron chi connectivity index (χ1n) is 9.66. The predicted molar refractivity (Wildman–Crippen MR) is 113 cm³/mol. The normalized spacial score (nSPS) is 14.9. The highest BCUT2D eigenvalue weighted by Gasteiger charge is 2.31. The van der Waals surface area contributed by atoms with E-state index in [4.69, 9.17) is 4.74 Å². The molecule has 0 aromatic heterocycles. The summed E-state index contributed by atoms with van der Waals surface area (Å²) in [6.07, 6.45) is 0. The van der Waals surface area contributed by atoms with Gasteiger partial charge in [0.05, 0.1) is 16.4 Å². The van der Waals surface area contributed by atoms with Crippen LogP contribution in [0.2, 0.25) is 0 Å². The van der Waals surface area contributed by atoms with Gasteiger partial charge in [0.15, 0.2) is 0 Å². The van der Waals surface area contributed by atoms with E-state index in [1.54, 1.807) is 12.0 Å². The van der Waals surface area contributed by atoms with Crippen LogP contribution in [-0.2, 0) is 27.9 Å². The van der Waals surface area contributed by atoms with Crippen LogP contribution in [0, 0.1) is 10.1 Å². The largest absolute Gasteiger partial charge is 0.380 e. The van der Waals surface area contributed by atoms with Crippen molar-refractivity contribution >= 4 is 21.7 Å². The number of carbonyl (C=O) groups is 1. The van der Waals surface area contributed by atoms with Crippen molar-refractivity contribution in [3.05, 3.63) is 69.8 Å². The van der Waals surface area contributed by atoms with Crippen LogP contribution in [0.25, 0.3) is 0 Å². The Morgan fingerprint density at radius 1 is 1.10 bits per heavy atom. The molecule has 2 amide bonds. The highest BCUT2D eigenvalue weighted by molar-refractivity contribution is 7.89. The molecule has 1 fully saturated rings. The zero-order valence-corrected chi connectivity index (χ0v) is 17.9. The lowest BCUT2D eigenvalue weighted by Gasteiger charge is -2.34. The Hall–Kier alpha value is -3.02. The number of piperazine rings is 1. The van der Waals surface area contributed by atoms with Crippen molar-refractivity contribution in [3.63, 3.8) is 0 Å². The van der Waals surface area contributed by atoms with Crippen LogP contribution >= 0.6 is 0 Å². The minimum atomic E-state index is -3.88. The Bertz CT molecular complexity index is 1050. The Labute approximate surface area is 180 Å². The molecule has 0 spiro atoms. The first-order chi connectivity index (χ1) is 14.8. The summed E-state index contributed by atoms with van der Waals surface area (Å²) in [4.78, 5) is 24.3. The number of hydrogen-bond acceptors (Lipinski definition) is 6. The third-order valence-electron chi connectivity index (χ3n) is 5.04. The average molecular weight is 449 g/mol. The fourth-order valence-corrected chi connectivity index (χ4v) is 4.81. The highest BCUT2D eigenvalue weighted by Crippen LogP contribution is 2.22. The van der Waals surface area contributed by atoms with Gasteiger partial charge in [0.1, 0.15) is 0 Å². The van der Waals surface area contributed by atoms with Crippen molar-refractivity contribution in [1.29, 1.82) is 0 Å². The van der Waals surface area contributed by atoms with Gasteiger partial charge in [-0.15, -0.1) is 0 Å². The quantitative estimate of drug-likeness (QED) is 0.510. The number of hydrogen-bond donors (Lipinski definition) is 1. The molecule has 1 aliphatic heterocycles. The van der Waals surface area contributed by atoms with Crippen molar-refractivity contribution in [3.8, 4) is 0 Å². The Balaban J connectivity index is 1.58. The number of nitro groups is 1. The Morgan fingerprint density at radius 3 is 2.42 bits per heavy atom. The van der Waals surface area contributed by atoms with E-state index in [0.717, 1.165) is 17.2 Å². The predicted octanol–water partition coefficient (Wildman–Crippen LogP) is 1.96. The topological polar surface area (TPSA) is 122 Å². The molecular formula is C20H24N4O6S. The number of amides is 2. The molecule has 3 rings (SSSR count). The summed E-state index contributed by atoms with van der Waals surface area (Å²) in [5, 5.41) is 13.8. The van der Waals surface area contributed by atoms with Gasteiger partial charge in [-0.2, -0.15) is 4.31 Å². The number of nitro benzene ring substituents is 1. The van der Waals surface area contributed by atoms with Crippen LogP contribution < -0.4 is 5.32 Å². The minimum absolute atomic E-state index is 0.110. The first-order valence-corrected chi connectivity index (χ1v) is 11.1. The molecule has 2 aromatic carbocycles. The van der Waals surface area contributed by atoms with E-state index in [0.29, 0.717) is 13.2 Å². The van der Waals surface area contributed by atoms with E-state index in [1.807, 2.05) is 24.3 Å². The van der Waals surface area contributed by atoms with E-state index in [-0.39, 0.29) is 42.8 Å². The van der Waals surface area contributed by atoms with Gasteiger partial charge in [0, 0.05) is 52.0 Å². The van der Waals surface area contributed by atoms with Gasteiger partial charge in [0.25, 0.3) is 5.69 Å². The molecule has 2 aromatic rings. The molecule has 31 heavy (non-hydrogen) atoms. The minimum Gasteiger partial charge on any atom is -0.380 e. The van der Waals surface area contributed by atoms with E-state index in [2.05, 4.69) is 5.32 Å². The molecule has 1 heterocycles. The molecule has 0 saturated carbocycles. The second kappa shape index (κ2) is 9.86. The number of sulfonamides is 1. The maximum absolute atomic E-state index is 12.8. The van der Waals surface area contributed by atoms with Crippen LogP contribution in [0.15, 0.2) is 53.4 Å². The Kier molecular flexibility index (Phi) is 7.21. The fraction of sp³-hybridized carbons (Fsp3) is 0.350. The second-order valence-corrected chi connectivity index (χ2v) is 8.94. The molecule has 0 aliphatic carbocycles. The number of ether oxygens (including phenoxy) is 1. The maximum Gasteiger partial charge on any atom is 0.317 e. The van der Waals surface area contributed by atoms with Crippen LogP contribution in [0.4, 0.5) is 10.5 Å². The smallest absolute Gasteiger partial charge is 0.317 e. The summed E-state index contributed by atoms with van der Waals surface area (Å²) in [6, 6.07) is 12.3. The summed E-state index contributed by atoms with van der Waals surface area (Å²) in [5.41, 5.74) is 1.65. The van der Waals surface area contributed by atoms with Crippen LogP contribution in [-0.4, -0.2) is 61.9 Å². The van der Waals surface area contributed by atoms with Gasteiger partial charge in [-0.3, -0.25) is 10.1 Å². The molecule has 166 valence electrons. The molecule has 1 aliphatic rings.